The number of esters is 1. The molecule has 0 atom stereocenters. The highest BCUT2D eigenvalue weighted by Crippen LogP contribution is 2.42. The zero-order valence-corrected chi connectivity index (χ0v) is 17.4. The fraction of sp³-hybridized carbons (Fsp3) is 0.200. The van der Waals surface area contributed by atoms with Crippen LogP contribution in [0.5, 0.6) is 0 Å². The maximum atomic E-state index is 12.0. The molecule has 1 aromatic rings. The second kappa shape index (κ2) is 7.71. The van der Waals surface area contributed by atoms with Crippen molar-refractivity contribution in [3.8, 4) is 0 Å². The number of carboxylic acids is 1. The number of carbonyl (C=O) groups excluding carboxylic acids is 1. The molecule has 22 heavy (non-hydrogen) atoms. The van der Waals surface area contributed by atoms with E-state index in [0.717, 1.165) is 0 Å². The highest BCUT2D eigenvalue weighted by molar-refractivity contribution is 9.14. The smallest absolute Gasteiger partial charge is 0.340 e. The number of rotatable bonds is 5. The van der Waals surface area contributed by atoms with E-state index >= 15 is 0 Å². The lowest BCUT2D eigenvalue weighted by atomic mass is 10.1. The Labute approximate surface area is 158 Å². The van der Waals surface area contributed by atoms with Crippen LogP contribution in [-0.2, 0) is 14.9 Å². The van der Waals surface area contributed by atoms with Gasteiger partial charge >= 0.3 is 11.9 Å². The number of ether oxygens (including phenoxy) is 1. The Morgan fingerprint density at radius 1 is 0.955 bits per heavy atom. The Balaban J connectivity index is 3.21. The van der Waals surface area contributed by atoms with Gasteiger partial charge in [0.2, 0.25) is 0 Å². The zero-order valence-electron chi connectivity index (χ0n) is 10.3. The Morgan fingerprint density at radius 3 is 1.73 bits per heavy atom. The normalized spacial score (nSPS) is 11.3. The van der Waals surface area contributed by atoms with Crippen LogP contribution in [0.2, 0.25) is 0 Å². The van der Waals surface area contributed by atoms with Gasteiger partial charge in [-0.25, -0.2) is 9.59 Å². The van der Waals surface area contributed by atoms with Crippen LogP contribution < -0.4 is 0 Å². The molecular weight excluding hydrogens is 584 g/mol. The summed E-state index contributed by atoms with van der Waals surface area (Å²) in [5.74, 6) is -2.88. The van der Waals surface area contributed by atoms with Gasteiger partial charge in [-0.1, -0.05) is 0 Å². The van der Waals surface area contributed by atoms with E-state index in [9.17, 15) is 18.0 Å². The van der Waals surface area contributed by atoms with E-state index in [0.29, 0.717) is 0 Å². The van der Waals surface area contributed by atoms with Crippen LogP contribution in [0.1, 0.15) is 20.7 Å². The zero-order chi connectivity index (χ0) is 17.2. The van der Waals surface area contributed by atoms with Crippen LogP contribution in [0.15, 0.2) is 17.9 Å². The van der Waals surface area contributed by atoms with Gasteiger partial charge in [0.15, 0.2) is 0 Å². The highest BCUT2D eigenvalue weighted by atomic mass is 79.9. The minimum atomic E-state index is -4.25. The van der Waals surface area contributed by atoms with Gasteiger partial charge in [-0.3, -0.25) is 4.55 Å². The van der Waals surface area contributed by atoms with Gasteiger partial charge in [0, 0.05) is 17.9 Å². The largest absolute Gasteiger partial charge is 0.478 e. The molecule has 0 amide bonds. The van der Waals surface area contributed by atoms with Gasteiger partial charge in [-0.15, -0.1) is 0 Å². The lowest BCUT2D eigenvalue weighted by Crippen LogP contribution is -2.16. The summed E-state index contributed by atoms with van der Waals surface area (Å²) in [5.41, 5.74) is -0.160. The van der Waals surface area contributed by atoms with Gasteiger partial charge in [0.1, 0.15) is 12.4 Å². The molecule has 0 radical (unpaired) electrons. The molecule has 2 N–H and O–H groups in total. The SMILES string of the molecule is O=C(O)c1c(Br)c(Br)c(C(=O)OCCS(=O)(=O)O)c(Br)c1Br. The topological polar surface area (TPSA) is 118 Å². The van der Waals surface area contributed by atoms with Gasteiger partial charge in [0.25, 0.3) is 10.1 Å². The fourth-order valence-electron chi connectivity index (χ4n) is 1.31. The lowest BCUT2D eigenvalue weighted by Gasteiger charge is -2.13. The van der Waals surface area contributed by atoms with Gasteiger partial charge in [0.05, 0.1) is 11.1 Å². The van der Waals surface area contributed by atoms with E-state index in [1.807, 2.05) is 0 Å². The minimum Gasteiger partial charge on any atom is -0.478 e. The molecule has 0 aliphatic carbocycles. The minimum absolute atomic E-state index is 0.0425. The van der Waals surface area contributed by atoms with Crippen LogP contribution in [0.4, 0.5) is 0 Å². The second-order valence-corrected chi connectivity index (χ2v) is 8.48. The predicted molar refractivity (Wildman–Crippen MR) is 90.9 cm³/mol. The van der Waals surface area contributed by atoms with Crippen LogP contribution in [-0.4, -0.2) is 42.4 Å². The highest BCUT2D eigenvalue weighted by Gasteiger charge is 2.27. The monoisotopic (exact) mass is 586 g/mol. The van der Waals surface area contributed by atoms with E-state index in [1.165, 1.54) is 0 Å². The summed E-state index contributed by atoms with van der Waals surface area (Å²) < 4.78 is 34.9. The molecule has 0 fully saturated rings. The third-order valence-electron chi connectivity index (χ3n) is 2.26. The summed E-state index contributed by atoms with van der Waals surface area (Å²) >= 11 is 12.3. The number of hydrogen-bond acceptors (Lipinski definition) is 5. The van der Waals surface area contributed by atoms with Crippen LogP contribution in [0, 0.1) is 0 Å². The maximum Gasteiger partial charge on any atom is 0.340 e. The van der Waals surface area contributed by atoms with Crippen LogP contribution >= 0.6 is 63.7 Å². The molecular formula is C10H6Br4O7S. The third kappa shape index (κ3) is 4.74. The molecule has 122 valence electrons. The molecule has 0 heterocycles. The van der Waals surface area contributed by atoms with Crippen molar-refractivity contribution in [3.63, 3.8) is 0 Å². The van der Waals surface area contributed by atoms with Gasteiger partial charge in [-0.2, -0.15) is 8.42 Å². The molecule has 1 aromatic carbocycles. The molecule has 0 saturated heterocycles. The molecule has 0 aliphatic heterocycles. The average Bonchev–Trinajstić information content (AvgIpc) is 2.35. The summed E-state index contributed by atoms with van der Waals surface area (Å²) in [6.45, 7) is -0.549. The number of hydrogen-bond donors (Lipinski definition) is 2. The first-order chi connectivity index (χ1) is 9.97. The molecule has 7 nitrogen and oxygen atoms in total. The fourth-order valence-corrected chi connectivity index (χ4v) is 4.39. The summed E-state index contributed by atoms with van der Waals surface area (Å²) in [6, 6.07) is 0. The van der Waals surface area contributed by atoms with Gasteiger partial charge in [-0.05, 0) is 63.7 Å². The molecule has 0 unspecified atom stereocenters. The second-order valence-electron chi connectivity index (χ2n) is 3.73. The van der Waals surface area contributed by atoms with Crippen LogP contribution in [0.3, 0.4) is 0 Å². The van der Waals surface area contributed by atoms with Crippen molar-refractivity contribution < 1.29 is 32.4 Å². The molecule has 1 rings (SSSR count). The van der Waals surface area contributed by atoms with E-state index < -0.39 is 34.4 Å². The molecule has 0 spiro atoms. The predicted octanol–water partition coefficient (Wildman–Crippen LogP) is 3.48. The van der Waals surface area contributed by atoms with Crippen molar-refractivity contribution in [1.29, 1.82) is 0 Å². The maximum absolute atomic E-state index is 12.0. The Hall–Kier alpha value is -0.0100. The van der Waals surface area contributed by atoms with Gasteiger partial charge < -0.3 is 9.84 Å². The van der Waals surface area contributed by atoms with Crippen molar-refractivity contribution in [2.75, 3.05) is 12.4 Å². The Morgan fingerprint density at radius 2 is 1.36 bits per heavy atom. The Kier molecular flexibility index (Phi) is 7.02. The summed E-state index contributed by atoms with van der Waals surface area (Å²) in [6.07, 6.45) is 0. The number of carboxylic acid groups (broad SMARTS) is 1. The Bertz CT molecular complexity index is 715. The standard InChI is InChI=1S/C10H6Br4O7S/c11-5-3(9(15)16)6(12)8(14)4(7(5)13)10(17)21-1-2-22(18,19)20/h1-2H2,(H,15,16)(H,18,19,20). The summed E-state index contributed by atoms with van der Waals surface area (Å²) in [5, 5.41) is 9.14. The average molecular weight is 590 g/mol. The van der Waals surface area contributed by atoms with E-state index in [2.05, 4.69) is 63.7 Å². The first-order valence-corrected chi connectivity index (χ1v) is 9.97. The van der Waals surface area contributed by atoms with Crippen molar-refractivity contribution in [3.05, 3.63) is 29.0 Å². The van der Waals surface area contributed by atoms with Crippen molar-refractivity contribution in [1.82, 2.24) is 0 Å². The lowest BCUT2D eigenvalue weighted by molar-refractivity contribution is 0.0524. The number of aromatic carboxylic acids is 1. The molecule has 0 aromatic heterocycles. The number of halogens is 4. The first-order valence-electron chi connectivity index (χ1n) is 5.19. The van der Waals surface area contributed by atoms with E-state index in [4.69, 9.17) is 14.4 Å². The summed E-state index contributed by atoms with van der Waals surface area (Å²) in [7, 11) is -4.25. The van der Waals surface area contributed by atoms with Crippen LogP contribution in [0.25, 0.3) is 0 Å². The third-order valence-corrected chi connectivity index (χ3v) is 7.17. The van der Waals surface area contributed by atoms with Crippen molar-refractivity contribution in [2.24, 2.45) is 0 Å². The molecule has 0 saturated carbocycles. The molecule has 12 heteroatoms. The summed E-state index contributed by atoms with van der Waals surface area (Å²) in [4.78, 5) is 23.2. The van der Waals surface area contributed by atoms with Crippen molar-refractivity contribution in [2.45, 2.75) is 0 Å². The molecule has 0 bridgehead atoms. The van der Waals surface area contributed by atoms with E-state index in [1.54, 1.807) is 0 Å². The van der Waals surface area contributed by atoms with E-state index in [-0.39, 0.29) is 29.0 Å². The van der Waals surface area contributed by atoms with Crippen molar-refractivity contribution >= 4 is 85.8 Å². The molecule has 0 aliphatic rings. The number of benzene rings is 1. The quantitative estimate of drug-likeness (QED) is 0.307. The first kappa shape index (κ1) is 20.0. The number of carbonyl (C=O) groups is 2.